The molecule has 2 N–H and O–H groups in total. The summed E-state index contributed by atoms with van der Waals surface area (Å²) >= 11 is 0. The van der Waals surface area contributed by atoms with Crippen LogP contribution in [0.15, 0.2) is 18.2 Å². The van der Waals surface area contributed by atoms with Gasteiger partial charge in [-0.15, -0.1) is 0 Å². The van der Waals surface area contributed by atoms with Crippen LogP contribution in [0.3, 0.4) is 0 Å². The van der Waals surface area contributed by atoms with Gasteiger partial charge in [0.05, 0.1) is 17.8 Å². The lowest BCUT2D eigenvalue weighted by molar-refractivity contribution is -0.155. The maximum absolute atomic E-state index is 9.19. The molecule has 0 aliphatic carbocycles. The van der Waals surface area contributed by atoms with Gasteiger partial charge >= 0.3 is 0 Å². The van der Waals surface area contributed by atoms with Crippen molar-refractivity contribution in [1.82, 2.24) is 0 Å². The lowest BCUT2D eigenvalue weighted by atomic mass is 9.85. The first-order valence-electron chi connectivity index (χ1n) is 7.39. The third-order valence-corrected chi connectivity index (χ3v) is 4.27. The molecule has 0 saturated carbocycles. The molecule has 2 aliphatic rings. The van der Waals surface area contributed by atoms with Crippen LogP contribution in [-0.2, 0) is 9.47 Å². The van der Waals surface area contributed by atoms with Gasteiger partial charge in [-0.25, -0.2) is 0 Å². The number of rotatable bonds is 2. The summed E-state index contributed by atoms with van der Waals surface area (Å²) in [7, 11) is 0. The van der Waals surface area contributed by atoms with Gasteiger partial charge in [0.2, 0.25) is 0 Å². The van der Waals surface area contributed by atoms with Crippen LogP contribution in [0.25, 0.3) is 0 Å². The molecule has 0 amide bonds. The van der Waals surface area contributed by atoms with Crippen LogP contribution in [0.2, 0.25) is 0 Å². The first-order chi connectivity index (χ1) is 10.2. The van der Waals surface area contributed by atoms with Gasteiger partial charge in [-0.3, -0.25) is 0 Å². The molecule has 2 saturated heterocycles. The molecule has 5 heteroatoms. The zero-order valence-electron chi connectivity index (χ0n) is 12.0. The predicted molar refractivity (Wildman–Crippen MR) is 78.0 cm³/mol. The third kappa shape index (κ3) is 3.12. The second kappa shape index (κ2) is 5.92. The third-order valence-electron chi connectivity index (χ3n) is 4.27. The van der Waals surface area contributed by atoms with Crippen molar-refractivity contribution in [2.24, 2.45) is 0 Å². The highest BCUT2D eigenvalue weighted by Gasteiger charge is 2.40. The molecule has 1 aromatic rings. The van der Waals surface area contributed by atoms with E-state index in [1.165, 1.54) is 0 Å². The van der Waals surface area contributed by atoms with Crippen LogP contribution in [0.4, 0.5) is 5.69 Å². The normalized spacial score (nSPS) is 24.4. The van der Waals surface area contributed by atoms with Gasteiger partial charge in [0.25, 0.3) is 0 Å². The van der Waals surface area contributed by atoms with E-state index in [1.54, 1.807) is 18.2 Å². The van der Waals surface area contributed by atoms with Crippen LogP contribution in [-0.4, -0.2) is 31.5 Å². The maximum atomic E-state index is 9.19. The predicted octanol–water partition coefficient (Wildman–Crippen LogP) is 2.25. The molecular weight excluding hydrogens is 268 g/mol. The molecular formula is C16H20N2O3. The molecule has 2 heterocycles. The summed E-state index contributed by atoms with van der Waals surface area (Å²) in [4.78, 5) is 0. The lowest BCUT2D eigenvalue weighted by Gasteiger charge is -2.43. The van der Waals surface area contributed by atoms with Gasteiger partial charge in [0, 0.05) is 31.7 Å². The van der Waals surface area contributed by atoms with Crippen molar-refractivity contribution in [3.8, 4) is 11.8 Å². The molecule has 0 radical (unpaired) electrons. The van der Waals surface area contributed by atoms with Gasteiger partial charge in [-0.2, -0.15) is 5.26 Å². The van der Waals surface area contributed by atoms with E-state index in [0.717, 1.165) is 38.9 Å². The minimum absolute atomic E-state index is 0.0765. The molecule has 1 unspecified atom stereocenters. The van der Waals surface area contributed by atoms with E-state index >= 15 is 0 Å². The Morgan fingerprint density at radius 2 is 2.10 bits per heavy atom. The molecule has 0 bridgehead atoms. The van der Waals surface area contributed by atoms with Crippen molar-refractivity contribution >= 4 is 5.69 Å². The van der Waals surface area contributed by atoms with Crippen molar-refractivity contribution in [2.75, 3.05) is 25.6 Å². The Bertz CT molecular complexity index is 541. The van der Waals surface area contributed by atoms with Crippen LogP contribution in [0.1, 0.15) is 31.2 Å². The summed E-state index contributed by atoms with van der Waals surface area (Å²) in [6, 6.07) is 7.33. The van der Waals surface area contributed by atoms with Crippen LogP contribution in [0, 0.1) is 11.3 Å². The zero-order valence-corrected chi connectivity index (χ0v) is 12.0. The average Bonchev–Trinajstić information content (AvgIpc) is 2.50. The minimum Gasteiger partial charge on any atom is -0.489 e. The number of hydrogen-bond acceptors (Lipinski definition) is 5. The largest absolute Gasteiger partial charge is 0.489 e. The minimum atomic E-state index is -0.109. The summed E-state index contributed by atoms with van der Waals surface area (Å²) < 4.78 is 17.5. The Morgan fingerprint density at radius 3 is 2.86 bits per heavy atom. The number of nitrogens with two attached hydrogens (primary N) is 1. The Kier molecular flexibility index (Phi) is 4.00. The van der Waals surface area contributed by atoms with E-state index in [0.29, 0.717) is 23.6 Å². The maximum Gasteiger partial charge on any atom is 0.137 e. The summed E-state index contributed by atoms with van der Waals surface area (Å²) in [5.74, 6) is 0.612. The first kappa shape index (κ1) is 14.2. The van der Waals surface area contributed by atoms with E-state index in [4.69, 9.17) is 19.9 Å². The SMILES string of the molecule is N#Cc1cc(N)ccc1OC1CCOC2(CCOCC2)C1. The van der Waals surface area contributed by atoms with Gasteiger partial charge in [0.15, 0.2) is 0 Å². The number of nitrogen functional groups attached to an aromatic ring is 1. The summed E-state index contributed by atoms with van der Waals surface area (Å²) in [5.41, 5.74) is 6.66. The molecule has 1 atom stereocenters. The van der Waals surface area contributed by atoms with E-state index in [1.807, 2.05) is 0 Å². The number of nitriles is 1. The fraction of sp³-hybridized carbons (Fsp3) is 0.562. The van der Waals surface area contributed by atoms with E-state index in [-0.39, 0.29) is 11.7 Å². The molecule has 3 rings (SSSR count). The number of benzene rings is 1. The molecule has 112 valence electrons. The molecule has 21 heavy (non-hydrogen) atoms. The molecule has 1 aromatic carbocycles. The van der Waals surface area contributed by atoms with Gasteiger partial charge in [0.1, 0.15) is 17.9 Å². The quantitative estimate of drug-likeness (QED) is 0.844. The molecule has 2 fully saturated rings. The smallest absolute Gasteiger partial charge is 0.137 e. The van der Waals surface area contributed by atoms with Crippen molar-refractivity contribution in [3.63, 3.8) is 0 Å². The first-order valence-corrected chi connectivity index (χ1v) is 7.39. The Labute approximate surface area is 124 Å². The number of nitrogens with zero attached hydrogens (tertiary/aromatic N) is 1. The van der Waals surface area contributed by atoms with Gasteiger partial charge in [-0.1, -0.05) is 0 Å². The Balaban J connectivity index is 1.71. The number of hydrogen-bond donors (Lipinski definition) is 1. The second-order valence-electron chi connectivity index (χ2n) is 5.74. The fourth-order valence-corrected chi connectivity index (χ4v) is 3.09. The summed E-state index contributed by atoms with van der Waals surface area (Å²) in [6.45, 7) is 2.19. The van der Waals surface area contributed by atoms with E-state index in [9.17, 15) is 5.26 Å². The topological polar surface area (TPSA) is 77.5 Å². The number of anilines is 1. The average molecular weight is 288 g/mol. The van der Waals surface area contributed by atoms with Crippen molar-refractivity contribution in [3.05, 3.63) is 23.8 Å². The highest BCUT2D eigenvalue weighted by molar-refractivity contribution is 5.53. The molecule has 1 spiro atoms. The summed E-state index contributed by atoms with van der Waals surface area (Å²) in [6.07, 6.45) is 3.61. The molecule has 2 aliphatic heterocycles. The Morgan fingerprint density at radius 1 is 1.29 bits per heavy atom. The van der Waals surface area contributed by atoms with Crippen molar-refractivity contribution in [1.29, 1.82) is 5.26 Å². The number of ether oxygens (including phenoxy) is 3. The fourth-order valence-electron chi connectivity index (χ4n) is 3.09. The van der Waals surface area contributed by atoms with Crippen molar-refractivity contribution < 1.29 is 14.2 Å². The van der Waals surface area contributed by atoms with Crippen LogP contribution < -0.4 is 10.5 Å². The molecule has 5 nitrogen and oxygen atoms in total. The van der Waals surface area contributed by atoms with Gasteiger partial charge < -0.3 is 19.9 Å². The van der Waals surface area contributed by atoms with Gasteiger partial charge in [-0.05, 0) is 31.0 Å². The highest BCUT2D eigenvalue weighted by atomic mass is 16.5. The monoisotopic (exact) mass is 288 g/mol. The summed E-state index contributed by atoms with van der Waals surface area (Å²) in [5, 5.41) is 9.19. The van der Waals surface area contributed by atoms with Crippen LogP contribution in [0.5, 0.6) is 5.75 Å². The lowest BCUT2D eigenvalue weighted by Crippen LogP contribution is -2.47. The van der Waals surface area contributed by atoms with Crippen LogP contribution >= 0.6 is 0 Å². The highest BCUT2D eigenvalue weighted by Crippen LogP contribution is 2.36. The van der Waals surface area contributed by atoms with E-state index < -0.39 is 0 Å². The Hall–Kier alpha value is -1.77. The standard InChI is InChI=1S/C16H20N2O3/c17-11-12-9-13(18)1-2-15(12)21-14-3-6-20-16(10-14)4-7-19-8-5-16/h1-2,9,14H,3-8,10,18H2. The second-order valence-corrected chi connectivity index (χ2v) is 5.74. The molecule has 0 aromatic heterocycles. The van der Waals surface area contributed by atoms with Crippen molar-refractivity contribution in [2.45, 2.75) is 37.4 Å². The van der Waals surface area contributed by atoms with E-state index in [2.05, 4.69) is 6.07 Å². The zero-order chi connectivity index (χ0) is 14.7.